The van der Waals surface area contributed by atoms with E-state index in [2.05, 4.69) is 22.4 Å². The summed E-state index contributed by atoms with van der Waals surface area (Å²) in [5.74, 6) is 0.380. The van der Waals surface area contributed by atoms with E-state index in [1.165, 1.54) is 0 Å². The molecule has 1 aliphatic rings. The molecule has 33 heavy (non-hydrogen) atoms. The van der Waals surface area contributed by atoms with Gasteiger partial charge < -0.3 is 15.0 Å². The lowest BCUT2D eigenvalue weighted by Gasteiger charge is -2.24. The molecule has 1 aliphatic heterocycles. The predicted molar refractivity (Wildman–Crippen MR) is 128 cm³/mol. The number of carbonyl (C=O) groups excluding carboxylic acids is 2. The molecule has 6 nitrogen and oxygen atoms in total. The van der Waals surface area contributed by atoms with Crippen LogP contribution in [0.25, 0.3) is 11.1 Å². The zero-order valence-electron chi connectivity index (χ0n) is 19.1. The molecule has 1 saturated heterocycles. The molecule has 0 unspecified atom stereocenters. The summed E-state index contributed by atoms with van der Waals surface area (Å²) in [6.45, 7) is 3.35. The highest BCUT2D eigenvalue weighted by molar-refractivity contribution is 5.84. The van der Waals surface area contributed by atoms with Gasteiger partial charge in [0, 0.05) is 37.6 Å². The first-order chi connectivity index (χ1) is 16.0. The largest absolute Gasteiger partial charge is 0.496 e. The highest BCUT2D eigenvalue weighted by Gasteiger charge is 2.28. The number of carbonyl (C=O) groups is 2. The Morgan fingerprint density at radius 1 is 1.12 bits per heavy atom. The Hall–Kier alpha value is -3.67. The quantitative estimate of drug-likeness (QED) is 0.634. The second-order valence-electron chi connectivity index (χ2n) is 8.42. The summed E-state index contributed by atoms with van der Waals surface area (Å²) in [6.07, 6.45) is 4.34. The van der Waals surface area contributed by atoms with E-state index in [9.17, 15) is 9.59 Å². The first-order valence-electron chi connectivity index (χ1n) is 11.2. The number of pyridine rings is 1. The number of methoxy groups -OCH3 is 1. The Morgan fingerprint density at radius 3 is 2.70 bits per heavy atom. The third-order valence-electron chi connectivity index (χ3n) is 6.10. The summed E-state index contributed by atoms with van der Waals surface area (Å²) < 4.78 is 5.44. The zero-order valence-corrected chi connectivity index (χ0v) is 19.1. The summed E-state index contributed by atoms with van der Waals surface area (Å²) in [6, 6.07) is 17.9. The lowest BCUT2D eigenvalue weighted by Crippen LogP contribution is -2.38. The van der Waals surface area contributed by atoms with Crippen LogP contribution in [0.4, 0.5) is 0 Å². The fourth-order valence-corrected chi connectivity index (χ4v) is 4.38. The molecule has 1 N–H and O–H groups in total. The predicted octanol–water partition coefficient (Wildman–Crippen LogP) is 3.43. The molecule has 0 bridgehead atoms. The Labute approximate surface area is 194 Å². The van der Waals surface area contributed by atoms with Crippen LogP contribution in [-0.4, -0.2) is 48.4 Å². The fourth-order valence-electron chi connectivity index (χ4n) is 4.38. The van der Waals surface area contributed by atoms with E-state index in [0.717, 1.165) is 27.8 Å². The van der Waals surface area contributed by atoms with Gasteiger partial charge in [0.15, 0.2) is 0 Å². The number of hydrogen-bond donors (Lipinski definition) is 1. The summed E-state index contributed by atoms with van der Waals surface area (Å²) in [7, 11) is 1.61. The Bertz CT molecular complexity index is 1130. The van der Waals surface area contributed by atoms with Crippen LogP contribution in [0.3, 0.4) is 0 Å². The molecule has 1 fully saturated rings. The maximum Gasteiger partial charge on any atom is 0.227 e. The number of ether oxygens (including phenoxy) is 1. The third kappa shape index (κ3) is 5.40. The smallest absolute Gasteiger partial charge is 0.227 e. The molecule has 0 aliphatic carbocycles. The number of hydrogen-bond acceptors (Lipinski definition) is 4. The molecule has 2 amide bonds. The van der Waals surface area contributed by atoms with Gasteiger partial charge in [0.05, 0.1) is 19.4 Å². The number of nitrogens with zero attached hydrogens (tertiary/aromatic N) is 2. The minimum Gasteiger partial charge on any atom is -0.496 e. The van der Waals surface area contributed by atoms with E-state index >= 15 is 0 Å². The van der Waals surface area contributed by atoms with Crippen LogP contribution in [-0.2, 0) is 22.4 Å². The van der Waals surface area contributed by atoms with E-state index < -0.39 is 0 Å². The molecule has 2 heterocycles. The van der Waals surface area contributed by atoms with Gasteiger partial charge in [0.25, 0.3) is 0 Å². The maximum atomic E-state index is 13.2. The van der Waals surface area contributed by atoms with Gasteiger partial charge in [0.1, 0.15) is 5.75 Å². The summed E-state index contributed by atoms with van der Waals surface area (Å²) in [5.41, 5.74) is 5.18. The molecule has 1 atom stereocenters. The Kier molecular flexibility index (Phi) is 7.03. The average molecular weight is 444 g/mol. The number of amides is 2. The van der Waals surface area contributed by atoms with Crippen LogP contribution in [0.2, 0.25) is 0 Å². The molecule has 0 spiro atoms. The van der Waals surface area contributed by atoms with Crippen molar-refractivity contribution in [1.29, 1.82) is 0 Å². The number of rotatable bonds is 6. The minimum atomic E-state index is -0.321. The topological polar surface area (TPSA) is 71.5 Å². The van der Waals surface area contributed by atoms with Gasteiger partial charge in [-0.05, 0) is 48.2 Å². The molecule has 3 aromatic rings. The van der Waals surface area contributed by atoms with Crippen molar-refractivity contribution in [2.75, 3.05) is 26.7 Å². The lowest BCUT2D eigenvalue weighted by atomic mass is 9.91. The van der Waals surface area contributed by atoms with Crippen LogP contribution in [0.1, 0.15) is 16.7 Å². The van der Waals surface area contributed by atoms with Crippen LogP contribution in [0.5, 0.6) is 5.75 Å². The van der Waals surface area contributed by atoms with Gasteiger partial charge in [-0.2, -0.15) is 0 Å². The molecule has 170 valence electrons. The second kappa shape index (κ2) is 10.3. The summed E-state index contributed by atoms with van der Waals surface area (Å²) in [4.78, 5) is 32.0. The van der Waals surface area contributed by atoms with Gasteiger partial charge >= 0.3 is 0 Å². The highest BCUT2D eigenvalue weighted by atomic mass is 16.5. The zero-order chi connectivity index (χ0) is 23.2. The van der Waals surface area contributed by atoms with Gasteiger partial charge in [0.2, 0.25) is 11.8 Å². The van der Waals surface area contributed by atoms with Crippen LogP contribution < -0.4 is 10.1 Å². The summed E-state index contributed by atoms with van der Waals surface area (Å²) in [5, 5.41) is 2.99. The fraction of sp³-hybridized carbons (Fsp3) is 0.296. The maximum absolute atomic E-state index is 13.2. The number of aromatic nitrogens is 1. The van der Waals surface area contributed by atoms with E-state index in [4.69, 9.17) is 4.74 Å². The third-order valence-corrected chi connectivity index (χ3v) is 6.10. The van der Waals surface area contributed by atoms with E-state index in [0.29, 0.717) is 31.8 Å². The standard InChI is InChI=1S/C27H29N3O3/c1-19-7-8-25(33-2)22(15-19)17-26(31)30-14-13-29-27(32)23(18-30)16-21-5-3-4-6-24(21)20-9-11-28-12-10-20/h3-12,15,23H,13-14,16-18H2,1-2H3,(H,29,32)/t23-/m1/s1. The highest BCUT2D eigenvalue weighted by Crippen LogP contribution is 2.26. The first kappa shape index (κ1) is 22.5. The SMILES string of the molecule is COc1ccc(C)cc1CC(=O)N1CCNC(=O)[C@H](Cc2ccccc2-c2ccncc2)C1. The Morgan fingerprint density at radius 2 is 1.91 bits per heavy atom. The van der Waals surface area contributed by atoms with Crippen molar-refractivity contribution < 1.29 is 14.3 Å². The normalized spacial score (nSPS) is 16.1. The van der Waals surface area contributed by atoms with Crippen molar-refractivity contribution in [1.82, 2.24) is 15.2 Å². The van der Waals surface area contributed by atoms with Crippen LogP contribution >= 0.6 is 0 Å². The molecule has 0 radical (unpaired) electrons. The molecular formula is C27H29N3O3. The van der Waals surface area contributed by atoms with Crippen molar-refractivity contribution >= 4 is 11.8 Å². The molecule has 0 saturated carbocycles. The average Bonchev–Trinajstić information content (AvgIpc) is 3.01. The van der Waals surface area contributed by atoms with Gasteiger partial charge in [-0.3, -0.25) is 14.6 Å². The van der Waals surface area contributed by atoms with E-state index in [-0.39, 0.29) is 24.2 Å². The first-order valence-corrected chi connectivity index (χ1v) is 11.2. The molecular weight excluding hydrogens is 414 g/mol. The summed E-state index contributed by atoms with van der Waals surface area (Å²) >= 11 is 0. The molecule has 6 heteroatoms. The Balaban J connectivity index is 1.53. The van der Waals surface area contributed by atoms with Crippen molar-refractivity contribution in [2.45, 2.75) is 19.8 Å². The van der Waals surface area contributed by atoms with Crippen molar-refractivity contribution in [2.24, 2.45) is 5.92 Å². The molecule has 4 rings (SSSR count). The minimum absolute atomic E-state index is 0.00261. The van der Waals surface area contributed by atoms with E-state index in [1.54, 1.807) is 24.4 Å². The second-order valence-corrected chi connectivity index (χ2v) is 8.42. The molecule has 1 aromatic heterocycles. The monoisotopic (exact) mass is 443 g/mol. The van der Waals surface area contributed by atoms with Crippen LogP contribution in [0, 0.1) is 12.8 Å². The van der Waals surface area contributed by atoms with Crippen molar-refractivity contribution in [3.63, 3.8) is 0 Å². The number of benzene rings is 2. The van der Waals surface area contributed by atoms with Crippen LogP contribution in [0.15, 0.2) is 67.0 Å². The number of aryl methyl sites for hydroxylation is 1. The molecule has 2 aromatic carbocycles. The van der Waals surface area contributed by atoms with Crippen molar-refractivity contribution in [3.05, 3.63) is 83.7 Å². The van der Waals surface area contributed by atoms with Gasteiger partial charge in [-0.25, -0.2) is 0 Å². The van der Waals surface area contributed by atoms with Crippen molar-refractivity contribution in [3.8, 4) is 16.9 Å². The lowest BCUT2D eigenvalue weighted by molar-refractivity contribution is -0.131. The van der Waals surface area contributed by atoms with Gasteiger partial charge in [-0.15, -0.1) is 0 Å². The number of nitrogens with one attached hydrogen (secondary N) is 1. The van der Waals surface area contributed by atoms with E-state index in [1.807, 2.05) is 49.4 Å². The van der Waals surface area contributed by atoms with Gasteiger partial charge in [-0.1, -0.05) is 42.0 Å².